The van der Waals surface area contributed by atoms with Gasteiger partial charge < -0.3 is 9.47 Å². The van der Waals surface area contributed by atoms with Crippen molar-refractivity contribution in [1.29, 1.82) is 0 Å². The first-order chi connectivity index (χ1) is 11.5. The first-order valence-electron chi connectivity index (χ1n) is 8.68. The Labute approximate surface area is 141 Å². The summed E-state index contributed by atoms with van der Waals surface area (Å²) in [6.07, 6.45) is 1.02. The van der Waals surface area contributed by atoms with E-state index < -0.39 is 0 Å². The van der Waals surface area contributed by atoms with Gasteiger partial charge >= 0.3 is 0 Å². The minimum absolute atomic E-state index is 0.102. The van der Waals surface area contributed by atoms with Gasteiger partial charge in [0, 0.05) is 42.2 Å². The third-order valence-electron chi connectivity index (χ3n) is 5.89. The maximum Gasteiger partial charge on any atom is 0.208 e. The Bertz CT molecular complexity index is 974. The molecular weight excluding hydrogens is 298 g/mol. The monoisotopic (exact) mass is 319 g/mol. The van der Waals surface area contributed by atoms with Gasteiger partial charge in [-0.3, -0.25) is 9.79 Å². The number of carbonyl (C=O) groups is 1. The summed E-state index contributed by atoms with van der Waals surface area (Å²) in [5.41, 5.74) is 5.96. The van der Waals surface area contributed by atoms with Crippen LogP contribution in [0.2, 0.25) is 0 Å². The highest BCUT2D eigenvalue weighted by molar-refractivity contribution is 6.33. The number of para-hydroxylation sites is 1. The van der Waals surface area contributed by atoms with Crippen LogP contribution < -0.4 is 0 Å². The smallest absolute Gasteiger partial charge is 0.208 e. The van der Waals surface area contributed by atoms with Gasteiger partial charge in [-0.05, 0) is 17.9 Å². The van der Waals surface area contributed by atoms with E-state index in [-0.39, 0.29) is 11.2 Å². The second-order valence-electron chi connectivity index (χ2n) is 7.70. The molecule has 0 fully saturated rings. The number of benzene rings is 1. The Morgan fingerprint density at radius 2 is 1.96 bits per heavy atom. The lowest BCUT2D eigenvalue weighted by molar-refractivity contribution is 0.0973. The van der Waals surface area contributed by atoms with Crippen LogP contribution >= 0.6 is 0 Å². The van der Waals surface area contributed by atoms with Gasteiger partial charge in [0.2, 0.25) is 5.78 Å². The molecular formula is C20H21N3O. The van der Waals surface area contributed by atoms with Crippen molar-refractivity contribution in [2.45, 2.75) is 20.3 Å². The molecule has 1 aromatic carbocycles. The highest BCUT2D eigenvalue weighted by Crippen LogP contribution is 2.46. The van der Waals surface area contributed by atoms with E-state index >= 15 is 0 Å². The molecule has 3 heterocycles. The van der Waals surface area contributed by atoms with Crippen LogP contribution in [0.5, 0.6) is 0 Å². The van der Waals surface area contributed by atoms with Gasteiger partial charge in [-0.25, -0.2) is 0 Å². The molecule has 0 radical (unpaired) electrons. The normalized spacial score (nSPS) is 21.7. The Morgan fingerprint density at radius 1 is 1.17 bits per heavy atom. The number of aromatic nitrogens is 1. The highest BCUT2D eigenvalue weighted by atomic mass is 16.1. The molecule has 1 aromatic heterocycles. The van der Waals surface area contributed by atoms with Crippen LogP contribution in [0, 0.1) is 5.41 Å². The van der Waals surface area contributed by atoms with Gasteiger partial charge in [-0.2, -0.15) is 0 Å². The Balaban J connectivity index is 1.93. The van der Waals surface area contributed by atoms with Gasteiger partial charge in [0.15, 0.2) is 0 Å². The second-order valence-corrected chi connectivity index (χ2v) is 7.70. The molecule has 122 valence electrons. The van der Waals surface area contributed by atoms with Crippen molar-refractivity contribution < 1.29 is 4.79 Å². The number of aryl methyl sites for hydroxylation is 1. The molecule has 4 heteroatoms. The Morgan fingerprint density at radius 3 is 2.79 bits per heavy atom. The third kappa shape index (κ3) is 1.54. The number of allylic oxidation sites excluding steroid dienone is 2. The third-order valence-corrected chi connectivity index (χ3v) is 5.89. The number of nitrogens with zero attached hydrogens (tertiary/aromatic N) is 3. The second kappa shape index (κ2) is 4.38. The summed E-state index contributed by atoms with van der Waals surface area (Å²) in [5.74, 6) is 0.189. The topological polar surface area (TPSA) is 37.6 Å². The van der Waals surface area contributed by atoms with E-state index in [1.54, 1.807) is 0 Å². The van der Waals surface area contributed by atoms with Crippen molar-refractivity contribution in [3.63, 3.8) is 0 Å². The largest absolute Gasteiger partial charge is 0.368 e. The highest BCUT2D eigenvalue weighted by Gasteiger charge is 2.46. The lowest BCUT2D eigenvalue weighted by Crippen LogP contribution is -2.47. The fraction of sp³-hybridized carbons (Fsp3) is 0.400. The van der Waals surface area contributed by atoms with Crippen LogP contribution in [0.1, 0.15) is 36.3 Å². The lowest BCUT2D eigenvalue weighted by atomic mass is 9.70. The molecule has 3 aliphatic rings. The number of carbonyl (C=O) groups excluding carboxylic acids is 1. The summed E-state index contributed by atoms with van der Waals surface area (Å²) >= 11 is 0. The molecule has 0 spiro atoms. The lowest BCUT2D eigenvalue weighted by Gasteiger charge is -2.45. The number of ketones is 1. The predicted molar refractivity (Wildman–Crippen MR) is 95.7 cm³/mol. The summed E-state index contributed by atoms with van der Waals surface area (Å²) in [7, 11) is 2.00. The van der Waals surface area contributed by atoms with E-state index in [0.717, 1.165) is 65.2 Å². The molecule has 2 aromatic rings. The molecule has 0 N–H and O–H groups in total. The average Bonchev–Trinajstić information content (AvgIpc) is 2.87. The minimum Gasteiger partial charge on any atom is -0.368 e. The van der Waals surface area contributed by atoms with Crippen molar-refractivity contribution in [3.05, 3.63) is 46.8 Å². The van der Waals surface area contributed by atoms with Gasteiger partial charge in [-0.15, -0.1) is 0 Å². The Kier molecular flexibility index (Phi) is 2.56. The zero-order valence-corrected chi connectivity index (χ0v) is 14.4. The Hall–Kier alpha value is -2.36. The molecule has 2 aliphatic heterocycles. The summed E-state index contributed by atoms with van der Waals surface area (Å²) in [4.78, 5) is 20.8. The zero-order chi connectivity index (χ0) is 16.6. The number of fused-ring (bicyclic) bond motifs is 4. The molecule has 0 atom stereocenters. The van der Waals surface area contributed by atoms with E-state index in [2.05, 4.69) is 35.4 Å². The van der Waals surface area contributed by atoms with Crippen molar-refractivity contribution in [2.75, 3.05) is 19.6 Å². The quantitative estimate of drug-likeness (QED) is 0.748. The van der Waals surface area contributed by atoms with Crippen molar-refractivity contribution in [1.82, 2.24) is 9.47 Å². The first kappa shape index (κ1) is 14.0. The number of Topliss-reactive ketones (excluding diaryl/α,β-unsaturated/α-hetero) is 1. The van der Waals surface area contributed by atoms with Crippen molar-refractivity contribution >= 4 is 22.4 Å². The zero-order valence-electron chi connectivity index (χ0n) is 14.4. The predicted octanol–water partition coefficient (Wildman–Crippen LogP) is 3.16. The fourth-order valence-corrected chi connectivity index (χ4v) is 4.61. The standard InChI is InChI=1S/C20H21N3O/c1-20(2)8-10-23-11-9-21-16-14-12-6-4-5-7-13(12)22(3)17(14)19(24)15(20)18(16)23/h4-7H,8-11H2,1-3H3. The van der Waals surface area contributed by atoms with Gasteiger partial charge in [0.05, 0.1) is 23.6 Å². The summed E-state index contributed by atoms with van der Waals surface area (Å²) in [6.45, 7) is 7.14. The van der Waals surface area contributed by atoms with Gasteiger partial charge in [0.25, 0.3) is 0 Å². The van der Waals surface area contributed by atoms with E-state index in [1.807, 2.05) is 19.2 Å². The van der Waals surface area contributed by atoms with Gasteiger partial charge in [-0.1, -0.05) is 32.0 Å². The maximum atomic E-state index is 13.5. The number of aliphatic imine (C=N–C) groups is 1. The first-order valence-corrected chi connectivity index (χ1v) is 8.68. The molecule has 0 amide bonds. The van der Waals surface area contributed by atoms with Crippen molar-refractivity contribution in [2.24, 2.45) is 17.5 Å². The molecule has 0 saturated heterocycles. The van der Waals surface area contributed by atoms with Gasteiger partial charge in [0.1, 0.15) is 0 Å². The van der Waals surface area contributed by atoms with E-state index in [0.29, 0.717) is 0 Å². The number of hydrogen-bond donors (Lipinski definition) is 0. The summed E-state index contributed by atoms with van der Waals surface area (Å²) < 4.78 is 2.06. The molecule has 0 unspecified atom stereocenters. The maximum absolute atomic E-state index is 13.5. The number of hydrogen-bond acceptors (Lipinski definition) is 3. The molecule has 1 aliphatic carbocycles. The molecule has 24 heavy (non-hydrogen) atoms. The minimum atomic E-state index is -0.102. The summed E-state index contributed by atoms with van der Waals surface area (Å²) in [6, 6.07) is 8.28. The van der Waals surface area contributed by atoms with Crippen molar-refractivity contribution in [3.8, 4) is 0 Å². The van der Waals surface area contributed by atoms with E-state index in [9.17, 15) is 4.79 Å². The van der Waals surface area contributed by atoms with E-state index in [1.165, 1.54) is 0 Å². The van der Waals surface area contributed by atoms with E-state index in [4.69, 9.17) is 4.99 Å². The fourth-order valence-electron chi connectivity index (χ4n) is 4.61. The molecule has 5 rings (SSSR count). The summed E-state index contributed by atoms with van der Waals surface area (Å²) in [5, 5.41) is 1.14. The SMILES string of the molecule is Cn1c2c(c3ccccc31)C1=NCCN3CCC(C)(C)C(=C13)C2=O. The van der Waals surface area contributed by atoms with Crippen LogP contribution in [-0.2, 0) is 7.05 Å². The molecule has 0 saturated carbocycles. The van der Waals surface area contributed by atoms with Crippen LogP contribution in [-0.4, -0.2) is 40.6 Å². The molecule has 0 bridgehead atoms. The molecule has 4 nitrogen and oxygen atoms in total. The van der Waals surface area contributed by atoms with Crippen LogP contribution in [0.3, 0.4) is 0 Å². The van der Waals surface area contributed by atoms with Crippen LogP contribution in [0.25, 0.3) is 10.9 Å². The number of rotatable bonds is 0. The van der Waals surface area contributed by atoms with Crippen LogP contribution in [0.15, 0.2) is 40.5 Å². The van der Waals surface area contributed by atoms with Crippen LogP contribution in [0.4, 0.5) is 0 Å². The average molecular weight is 319 g/mol.